The van der Waals surface area contributed by atoms with Crippen LogP contribution in [0.25, 0.3) is 0 Å². The molecule has 0 saturated heterocycles. The van der Waals surface area contributed by atoms with E-state index < -0.39 is 10.9 Å². The number of hydrogen-bond acceptors (Lipinski definition) is 1. The van der Waals surface area contributed by atoms with Crippen molar-refractivity contribution in [3.05, 3.63) is 0 Å². The predicted octanol–water partition coefficient (Wildman–Crippen LogP) is 4.50. The number of hydrogen-bond donors (Lipinski definition) is 2. The molecule has 4 saturated carbocycles. The number of thiol groups is 1. The summed E-state index contributed by atoms with van der Waals surface area (Å²) in [5, 5.41) is 10.3. The van der Waals surface area contributed by atoms with Crippen molar-refractivity contribution in [1.29, 1.82) is 0 Å². The van der Waals surface area contributed by atoms with Crippen LogP contribution in [0.15, 0.2) is 0 Å². The van der Waals surface area contributed by atoms with Gasteiger partial charge in [-0.25, -0.2) is 0 Å². The molecule has 4 aliphatic rings. The molecule has 0 aromatic heterocycles. The molecule has 4 fully saturated rings. The second-order valence-electron chi connectivity index (χ2n) is 7.36. The molecule has 1 nitrogen and oxygen atoms in total. The van der Waals surface area contributed by atoms with E-state index in [0.29, 0.717) is 13.9 Å². The first kappa shape index (κ1) is 12.0. The fourth-order valence-electron chi connectivity index (χ4n) is 5.86. The monoisotopic (exact) mass is 284 g/mol. The van der Waals surface area contributed by atoms with Crippen LogP contribution < -0.4 is 0 Å². The van der Waals surface area contributed by atoms with Gasteiger partial charge in [-0.3, -0.25) is 0 Å². The first-order valence-corrected chi connectivity index (χ1v) is 9.42. The normalized spacial score (nSPS) is 51.9. The molecule has 0 aromatic rings. The van der Waals surface area contributed by atoms with Crippen molar-refractivity contribution in [2.45, 2.75) is 73.7 Å². The quantitative estimate of drug-likeness (QED) is 0.575. The zero-order valence-corrected chi connectivity index (χ0v) is 12.7. The van der Waals surface area contributed by atoms with Crippen LogP contribution in [0.1, 0.15) is 64.2 Å². The van der Waals surface area contributed by atoms with Crippen LogP contribution in [0.2, 0.25) is 0 Å². The van der Waals surface area contributed by atoms with Crippen LogP contribution in [0, 0.1) is 11.8 Å². The number of aliphatic hydroxyl groups is 1. The smallest absolute Gasteiger partial charge is 0.198 e. The van der Waals surface area contributed by atoms with Crippen molar-refractivity contribution in [3.8, 4) is 0 Å². The Labute approximate surface area is 118 Å². The van der Waals surface area contributed by atoms with E-state index in [-0.39, 0.29) is 0 Å². The molecule has 3 heteroatoms. The summed E-state index contributed by atoms with van der Waals surface area (Å²) in [6.07, 6.45) is 13.9. The van der Waals surface area contributed by atoms with Gasteiger partial charge in [0.2, 0.25) is 0 Å². The molecule has 4 aliphatic carbocycles. The minimum absolute atomic E-state index is 0.420. The number of thiocarbonyl (C=S) groups is 1. The molecule has 1 N–H and O–H groups in total. The molecule has 0 amide bonds. The van der Waals surface area contributed by atoms with Crippen LogP contribution >= 0.6 is 23.1 Å². The van der Waals surface area contributed by atoms with Crippen molar-refractivity contribution >= 4 is 27.5 Å². The van der Waals surface area contributed by atoms with Gasteiger partial charge in [-0.1, -0.05) is 0 Å². The summed E-state index contributed by atoms with van der Waals surface area (Å²) >= 11 is 5.39. The lowest BCUT2D eigenvalue weighted by Gasteiger charge is -2.49. The maximum atomic E-state index is 10.3. The molecule has 4 rings (SSSR count). The van der Waals surface area contributed by atoms with E-state index in [4.69, 9.17) is 12.2 Å². The van der Waals surface area contributed by atoms with Crippen molar-refractivity contribution in [3.63, 3.8) is 0 Å². The van der Waals surface area contributed by atoms with Gasteiger partial charge in [0, 0.05) is 9.49 Å². The Morgan fingerprint density at radius 1 is 0.889 bits per heavy atom. The van der Waals surface area contributed by atoms with E-state index in [9.17, 15) is 5.11 Å². The summed E-state index contributed by atoms with van der Waals surface area (Å²) < 4.78 is 1.39. The molecule has 102 valence electrons. The number of rotatable bonds is 2. The summed E-state index contributed by atoms with van der Waals surface area (Å²) in [5.41, 5.74) is 0. The first-order valence-electron chi connectivity index (χ1n) is 7.67. The Balaban J connectivity index is 1.71. The van der Waals surface area contributed by atoms with E-state index >= 15 is 0 Å². The number of aliphatic hydroxyl groups excluding tert-OH is 1. The van der Waals surface area contributed by atoms with Crippen molar-refractivity contribution < 1.29 is 5.11 Å². The Hall–Kier alpha value is 0.240. The highest BCUT2D eigenvalue weighted by atomic mass is 32.2. The molecule has 0 radical (unpaired) electrons. The highest BCUT2D eigenvalue weighted by Gasteiger charge is 2.59. The SMILES string of the molecule is OC(=S)[SH](C12CCC(CC1)C2)C12CCC(CC1)C2. The topological polar surface area (TPSA) is 20.2 Å². The predicted molar refractivity (Wildman–Crippen MR) is 82.8 cm³/mol. The zero-order chi connectivity index (χ0) is 12.4. The van der Waals surface area contributed by atoms with Crippen molar-refractivity contribution in [1.82, 2.24) is 0 Å². The molecular weight excluding hydrogens is 260 g/mol. The van der Waals surface area contributed by atoms with Crippen molar-refractivity contribution in [2.24, 2.45) is 11.8 Å². The van der Waals surface area contributed by atoms with Gasteiger partial charge in [0.15, 0.2) is 4.38 Å². The van der Waals surface area contributed by atoms with Crippen LogP contribution in [0.3, 0.4) is 0 Å². The van der Waals surface area contributed by atoms with E-state index in [1.165, 1.54) is 64.2 Å². The fourth-order valence-corrected chi connectivity index (χ4v) is 11.1. The lowest BCUT2D eigenvalue weighted by molar-refractivity contribution is 0.479. The maximum absolute atomic E-state index is 10.3. The van der Waals surface area contributed by atoms with Gasteiger partial charge < -0.3 is 5.11 Å². The molecule has 0 unspecified atom stereocenters. The zero-order valence-electron chi connectivity index (χ0n) is 11.0. The first-order chi connectivity index (χ1) is 8.64. The molecular formula is C15H24OS2. The van der Waals surface area contributed by atoms with Crippen LogP contribution in [0.4, 0.5) is 0 Å². The molecule has 0 spiro atoms. The third-order valence-corrected chi connectivity index (χ3v) is 10.6. The largest absolute Gasteiger partial charge is 0.495 e. The second kappa shape index (κ2) is 3.88. The van der Waals surface area contributed by atoms with Crippen molar-refractivity contribution in [2.75, 3.05) is 0 Å². The van der Waals surface area contributed by atoms with E-state index in [1.807, 2.05) is 0 Å². The van der Waals surface area contributed by atoms with Gasteiger partial charge in [-0.2, -0.15) is 10.9 Å². The number of fused-ring (bicyclic) bond motifs is 4. The molecule has 0 heterocycles. The summed E-state index contributed by atoms with van der Waals surface area (Å²) in [7, 11) is -0.420. The fraction of sp³-hybridized carbons (Fsp3) is 0.933. The van der Waals surface area contributed by atoms with Gasteiger partial charge in [0.1, 0.15) is 0 Å². The standard InChI is InChI=1S/C15H24OS2/c16-13(17)18(14-5-1-11(9-14)2-6-14)15-7-3-12(10-15)4-8-15/h11-12,18H,1-10H2,(H,16,17). The van der Waals surface area contributed by atoms with Gasteiger partial charge in [-0.15, -0.1) is 0 Å². The minimum Gasteiger partial charge on any atom is -0.495 e. The van der Waals surface area contributed by atoms with E-state index in [2.05, 4.69) is 0 Å². The van der Waals surface area contributed by atoms with Crippen LogP contribution in [-0.2, 0) is 0 Å². The summed E-state index contributed by atoms with van der Waals surface area (Å²) in [5.74, 6) is 1.94. The molecule has 18 heavy (non-hydrogen) atoms. The van der Waals surface area contributed by atoms with E-state index in [1.54, 1.807) is 0 Å². The molecule has 4 bridgehead atoms. The third-order valence-electron chi connectivity index (χ3n) is 6.55. The minimum atomic E-state index is -0.420. The van der Waals surface area contributed by atoms with Crippen LogP contribution in [-0.4, -0.2) is 19.0 Å². The lowest BCUT2D eigenvalue weighted by Crippen LogP contribution is -2.39. The summed E-state index contributed by atoms with van der Waals surface area (Å²) in [6.45, 7) is 0. The third kappa shape index (κ3) is 1.49. The van der Waals surface area contributed by atoms with Gasteiger partial charge in [-0.05, 0) is 88.3 Å². The van der Waals surface area contributed by atoms with Gasteiger partial charge >= 0.3 is 0 Å². The van der Waals surface area contributed by atoms with Crippen LogP contribution in [0.5, 0.6) is 0 Å². The molecule has 0 aromatic carbocycles. The summed E-state index contributed by atoms with van der Waals surface area (Å²) in [6, 6.07) is 0. The highest BCUT2D eigenvalue weighted by molar-refractivity contribution is 8.37. The van der Waals surface area contributed by atoms with Gasteiger partial charge in [0.25, 0.3) is 0 Å². The van der Waals surface area contributed by atoms with Gasteiger partial charge in [0.05, 0.1) is 0 Å². The molecule has 0 atom stereocenters. The highest BCUT2D eigenvalue weighted by Crippen LogP contribution is 2.72. The maximum Gasteiger partial charge on any atom is 0.198 e. The summed E-state index contributed by atoms with van der Waals surface area (Å²) in [4.78, 5) is 0. The van der Waals surface area contributed by atoms with E-state index in [0.717, 1.165) is 11.8 Å². The second-order valence-corrected chi connectivity index (χ2v) is 11.0. The lowest BCUT2D eigenvalue weighted by atomic mass is 9.99. The Morgan fingerprint density at radius 2 is 1.28 bits per heavy atom. The Kier molecular flexibility index (Phi) is 2.59. The average Bonchev–Trinajstić information content (AvgIpc) is 3.07. The Morgan fingerprint density at radius 3 is 1.50 bits per heavy atom. The average molecular weight is 284 g/mol. The Bertz CT molecular complexity index is 346. The molecule has 0 aliphatic heterocycles.